The average molecular weight is 549 g/mol. The molecule has 2 aromatic carbocycles. The van der Waals surface area contributed by atoms with Crippen LogP contribution in [0.15, 0.2) is 52.3 Å². The second-order valence-electron chi connectivity index (χ2n) is 7.17. The molecule has 0 radical (unpaired) electrons. The monoisotopic (exact) mass is 547 g/mol. The number of aryl methyl sites for hydroxylation is 1. The number of anilines is 1. The Kier molecular flexibility index (Phi) is 6.51. The zero-order valence-electron chi connectivity index (χ0n) is 17.1. The van der Waals surface area contributed by atoms with E-state index in [9.17, 15) is 10.1 Å². The number of ether oxygens (including phenoxy) is 2. The molecule has 0 fully saturated rings. The molecule has 1 aliphatic rings. The van der Waals surface area contributed by atoms with Crippen LogP contribution in [0.5, 0.6) is 11.6 Å². The highest BCUT2D eigenvalue weighted by molar-refractivity contribution is 9.10. The number of hydrogen-bond acceptors (Lipinski definition) is 6. The van der Waals surface area contributed by atoms with E-state index in [0.717, 1.165) is 10.2 Å². The topological polar surface area (TPSA) is 126 Å². The fraction of sp³-hybridized carbons (Fsp3) is 0.136. The van der Waals surface area contributed by atoms with Crippen molar-refractivity contribution in [3.05, 3.63) is 79.2 Å². The molecule has 0 aliphatic carbocycles. The molecule has 0 spiro atoms. The second-order valence-corrected chi connectivity index (χ2v) is 8.96. The molecule has 0 bridgehead atoms. The zero-order chi connectivity index (χ0) is 23.7. The molecule has 8 nitrogen and oxygen atoms in total. The summed E-state index contributed by atoms with van der Waals surface area (Å²) in [4.78, 5) is 12.5. The summed E-state index contributed by atoms with van der Waals surface area (Å²) in [5, 5.41) is 20.3. The number of nitrogens with zero attached hydrogens (tertiary/aromatic N) is 2. The summed E-state index contributed by atoms with van der Waals surface area (Å²) < 4.78 is 12.1. The minimum atomic E-state index is -0.597. The summed E-state index contributed by atoms with van der Waals surface area (Å²) in [6.07, 6.45) is 0. The van der Waals surface area contributed by atoms with Crippen molar-refractivity contribution in [2.24, 2.45) is 5.73 Å². The molecule has 0 saturated carbocycles. The Hall–Kier alpha value is -3.19. The molecular formula is C22H16BrCl2N5O3. The molecule has 3 aromatic rings. The van der Waals surface area contributed by atoms with Gasteiger partial charge in [-0.1, -0.05) is 39.1 Å². The minimum absolute atomic E-state index is 0.0389. The zero-order valence-corrected chi connectivity index (χ0v) is 20.2. The van der Waals surface area contributed by atoms with Gasteiger partial charge < -0.3 is 20.5 Å². The molecule has 4 rings (SSSR count). The number of nitrogens with two attached hydrogens (primary N) is 1. The first kappa shape index (κ1) is 23.0. The highest BCUT2D eigenvalue weighted by atomic mass is 79.9. The van der Waals surface area contributed by atoms with Crippen LogP contribution < -0.4 is 20.5 Å². The van der Waals surface area contributed by atoms with E-state index in [1.807, 2.05) is 6.92 Å². The number of benzene rings is 2. The summed E-state index contributed by atoms with van der Waals surface area (Å²) in [5.74, 6) is -0.361. The Morgan fingerprint density at radius 3 is 2.76 bits per heavy atom. The number of halogens is 3. The van der Waals surface area contributed by atoms with Gasteiger partial charge in [0.2, 0.25) is 11.8 Å². The van der Waals surface area contributed by atoms with Crippen LogP contribution in [0.2, 0.25) is 10.0 Å². The molecule has 1 atom stereocenters. The maximum absolute atomic E-state index is 12.5. The number of H-pyrrole nitrogens is 1. The summed E-state index contributed by atoms with van der Waals surface area (Å²) in [6.45, 7) is 1.53. The lowest BCUT2D eigenvalue weighted by molar-refractivity contribution is -0.118. The van der Waals surface area contributed by atoms with Gasteiger partial charge in [-0.3, -0.25) is 9.89 Å². The first-order valence-electron chi connectivity index (χ1n) is 9.57. The smallest absolute Gasteiger partial charge is 0.262 e. The number of hydrogen-bond donors (Lipinski definition) is 3. The number of aromatic amines is 1. The number of carbonyl (C=O) groups is 1. The minimum Gasteiger partial charge on any atom is -0.483 e. The van der Waals surface area contributed by atoms with Gasteiger partial charge in [0.05, 0.1) is 5.92 Å². The van der Waals surface area contributed by atoms with E-state index < -0.39 is 11.8 Å². The first-order valence-corrected chi connectivity index (χ1v) is 11.1. The van der Waals surface area contributed by atoms with Gasteiger partial charge in [0.1, 0.15) is 17.4 Å². The number of amides is 1. The maximum Gasteiger partial charge on any atom is 0.262 e. The highest BCUT2D eigenvalue weighted by Crippen LogP contribution is 2.46. The van der Waals surface area contributed by atoms with Gasteiger partial charge in [0, 0.05) is 37.0 Å². The Balaban J connectivity index is 1.64. The molecule has 33 heavy (non-hydrogen) atoms. The van der Waals surface area contributed by atoms with Gasteiger partial charge in [-0.2, -0.15) is 5.26 Å². The number of rotatable bonds is 5. The van der Waals surface area contributed by atoms with E-state index >= 15 is 0 Å². The van der Waals surface area contributed by atoms with E-state index in [1.54, 1.807) is 36.4 Å². The molecule has 0 saturated heterocycles. The number of nitriles is 1. The quantitative estimate of drug-likeness (QED) is 0.411. The number of allylic oxidation sites excluding steroid dienone is 1. The van der Waals surface area contributed by atoms with Gasteiger partial charge in [0.15, 0.2) is 6.61 Å². The molecule has 168 valence electrons. The van der Waals surface area contributed by atoms with E-state index in [-0.39, 0.29) is 23.9 Å². The van der Waals surface area contributed by atoms with Gasteiger partial charge in [-0.15, -0.1) is 5.10 Å². The number of aromatic nitrogens is 2. The van der Waals surface area contributed by atoms with Gasteiger partial charge >= 0.3 is 0 Å². The summed E-state index contributed by atoms with van der Waals surface area (Å²) in [6, 6.07) is 12.1. The standard InChI is InChI=1S/C22H16BrCl2N5O3/c1-10-19-20(16(8-26)21(27)33-22(19)30-29-10)15-4-11(23)2-3-17(15)32-9-18(31)28-14-6-12(24)5-13(25)7-14/h2-7,20H,9,27H2,1H3,(H,28,31)(H,29,30). The van der Waals surface area contributed by atoms with Gasteiger partial charge in [-0.25, -0.2) is 0 Å². The fourth-order valence-corrected chi connectivity index (χ4v) is 4.46. The lowest BCUT2D eigenvalue weighted by atomic mass is 9.83. The summed E-state index contributed by atoms with van der Waals surface area (Å²) in [7, 11) is 0. The Labute approximate surface area is 207 Å². The van der Waals surface area contributed by atoms with E-state index in [4.69, 9.17) is 38.4 Å². The largest absolute Gasteiger partial charge is 0.483 e. The molecule has 4 N–H and O–H groups in total. The summed E-state index contributed by atoms with van der Waals surface area (Å²) >= 11 is 15.4. The van der Waals surface area contributed by atoms with Crippen molar-refractivity contribution in [1.29, 1.82) is 5.26 Å². The molecular weight excluding hydrogens is 533 g/mol. The summed E-state index contributed by atoms with van der Waals surface area (Å²) in [5.41, 5.74) is 8.68. The van der Waals surface area contributed by atoms with E-state index in [0.29, 0.717) is 32.6 Å². The van der Waals surface area contributed by atoms with Crippen molar-refractivity contribution < 1.29 is 14.3 Å². The molecule has 2 heterocycles. The number of carbonyl (C=O) groups excluding carboxylic acids is 1. The van der Waals surface area contributed by atoms with Crippen LogP contribution in [-0.4, -0.2) is 22.7 Å². The first-order chi connectivity index (χ1) is 15.8. The van der Waals surface area contributed by atoms with Crippen LogP contribution in [0.4, 0.5) is 5.69 Å². The molecule has 1 aliphatic heterocycles. The van der Waals surface area contributed by atoms with Crippen molar-refractivity contribution >= 4 is 50.7 Å². The fourth-order valence-electron chi connectivity index (χ4n) is 3.55. The van der Waals surface area contributed by atoms with Gasteiger partial charge in [0.25, 0.3) is 5.91 Å². The Morgan fingerprint density at radius 1 is 1.33 bits per heavy atom. The van der Waals surface area contributed by atoms with Crippen LogP contribution in [0, 0.1) is 18.3 Å². The third kappa shape index (κ3) is 4.78. The lowest BCUT2D eigenvalue weighted by Crippen LogP contribution is -2.23. The molecule has 1 aromatic heterocycles. The maximum atomic E-state index is 12.5. The number of fused-ring (bicyclic) bond motifs is 1. The van der Waals surface area contributed by atoms with Crippen LogP contribution in [-0.2, 0) is 4.79 Å². The van der Waals surface area contributed by atoms with E-state index in [1.165, 1.54) is 0 Å². The van der Waals surface area contributed by atoms with Crippen LogP contribution in [0.25, 0.3) is 0 Å². The third-order valence-corrected chi connectivity index (χ3v) is 5.85. The predicted octanol–water partition coefficient (Wildman–Crippen LogP) is 5.02. The lowest BCUT2D eigenvalue weighted by Gasteiger charge is -2.25. The van der Waals surface area contributed by atoms with Crippen molar-refractivity contribution in [1.82, 2.24) is 10.2 Å². The predicted molar refractivity (Wildman–Crippen MR) is 127 cm³/mol. The Bertz CT molecular complexity index is 1310. The molecule has 1 amide bonds. The van der Waals surface area contributed by atoms with E-state index in [2.05, 4.69) is 37.5 Å². The van der Waals surface area contributed by atoms with Crippen molar-refractivity contribution in [3.63, 3.8) is 0 Å². The van der Waals surface area contributed by atoms with Gasteiger partial charge in [-0.05, 0) is 43.3 Å². The van der Waals surface area contributed by atoms with Crippen molar-refractivity contribution in [3.8, 4) is 17.7 Å². The normalized spacial score (nSPS) is 14.8. The Morgan fingerprint density at radius 2 is 2.06 bits per heavy atom. The third-order valence-electron chi connectivity index (χ3n) is 4.92. The van der Waals surface area contributed by atoms with Crippen LogP contribution in [0.1, 0.15) is 22.7 Å². The van der Waals surface area contributed by atoms with Crippen LogP contribution in [0.3, 0.4) is 0 Å². The molecule has 1 unspecified atom stereocenters. The average Bonchev–Trinajstić information content (AvgIpc) is 3.11. The van der Waals surface area contributed by atoms with Crippen molar-refractivity contribution in [2.45, 2.75) is 12.8 Å². The van der Waals surface area contributed by atoms with Crippen molar-refractivity contribution in [2.75, 3.05) is 11.9 Å². The molecule has 11 heteroatoms. The van der Waals surface area contributed by atoms with Crippen LogP contribution >= 0.6 is 39.1 Å². The second kappa shape index (κ2) is 9.35. The highest BCUT2D eigenvalue weighted by Gasteiger charge is 2.36. The SMILES string of the molecule is Cc1[nH]nc2c1C(c1cc(Br)ccc1OCC(=O)Nc1cc(Cl)cc(Cl)c1)C(C#N)=C(N)O2. The number of nitrogens with one attached hydrogen (secondary N) is 2.